The first-order valence-electron chi connectivity index (χ1n) is 11.1. The number of piperidine rings is 1. The van der Waals surface area contributed by atoms with Gasteiger partial charge in [0.1, 0.15) is 12.1 Å². The van der Waals surface area contributed by atoms with Crippen LogP contribution in [-0.2, 0) is 0 Å². The predicted molar refractivity (Wildman–Crippen MR) is 128 cm³/mol. The van der Waals surface area contributed by atoms with E-state index in [4.69, 9.17) is 4.74 Å². The Balaban J connectivity index is 0.00000289. The zero-order chi connectivity index (χ0) is 21.5. The van der Waals surface area contributed by atoms with Gasteiger partial charge in [0, 0.05) is 24.2 Å². The molecule has 1 fully saturated rings. The van der Waals surface area contributed by atoms with Gasteiger partial charge in [-0.15, -0.1) is 12.4 Å². The van der Waals surface area contributed by atoms with Gasteiger partial charge in [-0.05, 0) is 68.5 Å². The number of halogens is 2. The van der Waals surface area contributed by atoms with Gasteiger partial charge in [0.2, 0.25) is 5.88 Å². The molecule has 2 unspecified atom stereocenters. The fraction of sp³-hybridized carbons (Fsp3) is 0.385. The van der Waals surface area contributed by atoms with Crippen molar-refractivity contribution in [3.8, 4) is 5.88 Å². The van der Waals surface area contributed by atoms with E-state index < -0.39 is 0 Å². The van der Waals surface area contributed by atoms with Crippen LogP contribution in [0.15, 0.2) is 73.2 Å². The second-order valence-electron chi connectivity index (χ2n) is 8.41. The summed E-state index contributed by atoms with van der Waals surface area (Å²) in [7, 11) is 0. The summed E-state index contributed by atoms with van der Waals surface area (Å²) in [5.74, 6) is 1.17. The molecule has 0 bridgehead atoms. The van der Waals surface area contributed by atoms with Gasteiger partial charge in [0.05, 0.1) is 6.61 Å². The number of benzene rings is 2. The van der Waals surface area contributed by atoms with Crippen molar-refractivity contribution in [2.24, 2.45) is 0 Å². The summed E-state index contributed by atoms with van der Waals surface area (Å²) in [6.45, 7) is 5.00. The van der Waals surface area contributed by atoms with E-state index in [1.54, 1.807) is 12.3 Å². The Morgan fingerprint density at radius 3 is 2.41 bits per heavy atom. The number of hydrogen-bond donors (Lipinski definition) is 0. The Morgan fingerprint density at radius 1 is 1.03 bits per heavy atom. The summed E-state index contributed by atoms with van der Waals surface area (Å²) in [6, 6.07) is 19.8. The first kappa shape index (κ1) is 24.1. The summed E-state index contributed by atoms with van der Waals surface area (Å²) >= 11 is 0. The van der Waals surface area contributed by atoms with Crippen molar-refractivity contribution in [2.45, 2.75) is 44.1 Å². The van der Waals surface area contributed by atoms with Gasteiger partial charge in [-0.3, -0.25) is 0 Å². The van der Waals surface area contributed by atoms with Crippen molar-refractivity contribution >= 4 is 12.4 Å². The van der Waals surface area contributed by atoms with Crippen molar-refractivity contribution in [1.29, 1.82) is 0 Å². The van der Waals surface area contributed by atoms with Crippen molar-refractivity contribution in [2.75, 3.05) is 19.7 Å². The van der Waals surface area contributed by atoms with Crippen LogP contribution < -0.4 is 4.74 Å². The minimum absolute atomic E-state index is 0. The molecule has 0 N–H and O–H groups in total. The van der Waals surface area contributed by atoms with Crippen LogP contribution in [0.4, 0.5) is 4.39 Å². The third-order valence-corrected chi connectivity index (χ3v) is 6.38. The molecule has 0 saturated carbocycles. The third-order valence-electron chi connectivity index (χ3n) is 6.38. The first-order chi connectivity index (χ1) is 15.2. The molecule has 0 radical (unpaired) electrons. The van der Waals surface area contributed by atoms with Crippen molar-refractivity contribution in [3.05, 3.63) is 90.1 Å². The maximum absolute atomic E-state index is 13.5. The molecule has 1 aliphatic heterocycles. The number of likely N-dealkylation sites (tertiary alicyclic amines) is 1. The second-order valence-corrected chi connectivity index (χ2v) is 8.41. The highest BCUT2D eigenvalue weighted by Gasteiger charge is 2.26. The van der Waals surface area contributed by atoms with Crippen LogP contribution in [0, 0.1) is 5.82 Å². The molecule has 2 atom stereocenters. The van der Waals surface area contributed by atoms with Crippen LogP contribution in [0.5, 0.6) is 5.88 Å². The largest absolute Gasteiger partial charge is 0.477 e. The molecule has 0 amide bonds. The Kier molecular flexibility index (Phi) is 9.00. The van der Waals surface area contributed by atoms with Crippen LogP contribution in [0.25, 0.3) is 0 Å². The Morgan fingerprint density at radius 2 is 1.75 bits per heavy atom. The van der Waals surface area contributed by atoms with Crippen molar-refractivity contribution in [1.82, 2.24) is 14.9 Å². The molecule has 0 aliphatic carbocycles. The van der Waals surface area contributed by atoms with Crippen LogP contribution in [0.2, 0.25) is 0 Å². The number of nitrogens with zero attached hydrogens (tertiary/aromatic N) is 3. The molecule has 3 aromatic rings. The summed E-state index contributed by atoms with van der Waals surface area (Å²) < 4.78 is 19.4. The molecule has 2 aromatic carbocycles. The molecular weight excluding hydrogens is 425 g/mol. The first-order valence-corrected chi connectivity index (χ1v) is 11.1. The lowest BCUT2D eigenvalue weighted by atomic mass is 9.87. The molecule has 4 nitrogen and oxygen atoms in total. The standard InChI is InChI=1S/C26H30FN3O.ClH/c1-20(30-15-12-23(13-16-30)21-5-3-2-4-6-21)17-24(22-7-9-25(27)10-8-22)18-31-26-11-14-28-19-29-26;/h2-11,14,19-20,23-24H,12-13,15-18H2,1H3;1H. The molecule has 6 heteroatoms. The summed E-state index contributed by atoms with van der Waals surface area (Å²) in [5.41, 5.74) is 2.55. The van der Waals surface area contributed by atoms with E-state index in [1.165, 1.54) is 36.9 Å². The van der Waals surface area contributed by atoms with E-state index in [0.29, 0.717) is 24.4 Å². The Labute approximate surface area is 196 Å². The fourth-order valence-electron chi connectivity index (χ4n) is 4.54. The number of rotatable bonds is 8. The smallest absolute Gasteiger partial charge is 0.216 e. The van der Waals surface area contributed by atoms with Gasteiger partial charge >= 0.3 is 0 Å². The van der Waals surface area contributed by atoms with Gasteiger partial charge in [-0.2, -0.15) is 0 Å². The van der Waals surface area contributed by atoms with Crippen molar-refractivity contribution in [3.63, 3.8) is 0 Å². The zero-order valence-corrected chi connectivity index (χ0v) is 19.3. The number of aromatic nitrogens is 2. The highest BCUT2D eigenvalue weighted by molar-refractivity contribution is 5.85. The molecule has 4 rings (SSSR count). The Hall–Kier alpha value is -2.50. The molecule has 1 saturated heterocycles. The minimum atomic E-state index is -0.213. The number of hydrogen-bond acceptors (Lipinski definition) is 4. The van der Waals surface area contributed by atoms with E-state index in [1.807, 2.05) is 12.1 Å². The molecule has 0 spiro atoms. The Bertz CT molecular complexity index is 919. The quantitative estimate of drug-likeness (QED) is 0.426. The summed E-state index contributed by atoms with van der Waals surface area (Å²) in [4.78, 5) is 10.7. The maximum atomic E-state index is 13.5. The van der Waals surface area contributed by atoms with Gasteiger partial charge in [-0.1, -0.05) is 42.5 Å². The SMILES string of the molecule is CC(CC(COc1ccncn1)c1ccc(F)cc1)N1CCC(c2ccccc2)CC1.Cl. The predicted octanol–water partition coefficient (Wildman–Crippen LogP) is 5.86. The minimum Gasteiger partial charge on any atom is -0.477 e. The topological polar surface area (TPSA) is 38.3 Å². The summed E-state index contributed by atoms with van der Waals surface area (Å²) in [5, 5.41) is 0. The van der Waals surface area contributed by atoms with Crippen LogP contribution in [0.1, 0.15) is 49.1 Å². The van der Waals surface area contributed by atoms with E-state index in [9.17, 15) is 4.39 Å². The molecule has 1 aromatic heterocycles. The summed E-state index contributed by atoms with van der Waals surface area (Å²) in [6.07, 6.45) is 6.49. The van der Waals surface area contributed by atoms with Gasteiger partial charge in [0.25, 0.3) is 0 Å². The van der Waals surface area contributed by atoms with Crippen LogP contribution in [0.3, 0.4) is 0 Å². The molecule has 1 aliphatic rings. The lowest BCUT2D eigenvalue weighted by Crippen LogP contribution is -2.40. The second kappa shape index (κ2) is 11.9. The third kappa shape index (κ3) is 6.50. The van der Waals surface area contributed by atoms with E-state index >= 15 is 0 Å². The highest BCUT2D eigenvalue weighted by Crippen LogP contribution is 2.31. The van der Waals surface area contributed by atoms with E-state index in [-0.39, 0.29) is 24.1 Å². The van der Waals surface area contributed by atoms with Crippen LogP contribution >= 0.6 is 12.4 Å². The van der Waals surface area contributed by atoms with E-state index in [2.05, 4.69) is 52.1 Å². The lowest BCUT2D eigenvalue weighted by molar-refractivity contribution is 0.140. The maximum Gasteiger partial charge on any atom is 0.216 e. The average molecular weight is 456 g/mol. The molecule has 2 heterocycles. The number of ether oxygens (including phenoxy) is 1. The zero-order valence-electron chi connectivity index (χ0n) is 18.4. The van der Waals surface area contributed by atoms with E-state index in [0.717, 1.165) is 25.1 Å². The monoisotopic (exact) mass is 455 g/mol. The normalized spacial score (nSPS) is 16.7. The fourth-order valence-corrected chi connectivity index (χ4v) is 4.54. The highest BCUT2D eigenvalue weighted by atomic mass is 35.5. The molecular formula is C26H31ClFN3O. The van der Waals surface area contributed by atoms with Crippen LogP contribution in [-0.4, -0.2) is 40.6 Å². The molecule has 170 valence electrons. The lowest BCUT2D eigenvalue weighted by Gasteiger charge is -2.37. The average Bonchev–Trinajstić information content (AvgIpc) is 2.83. The van der Waals surface area contributed by atoms with Gasteiger partial charge in [-0.25, -0.2) is 14.4 Å². The van der Waals surface area contributed by atoms with Crippen molar-refractivity contribution < 1.29 is 9.13 Å². The van der Waals surface area contributed by atoms with Gasteiger partial charge < -0.3 is 9.64 Å². The molecule has 32 heavy (non-hydrogen) atoms. The van der Waals surface area contributed by atoms with Gasteiger partial charge in [0.15, 0.2) is 0 Å².